The highest BCUT2D eigenvalue weighted by molar-refractivity contribution is 6.00. The lowest BCUT2D eigenvalue weighted by Gasteiger charge is -2.33. The summed E-state index contributed by atoms with van der Waals surface area (Å²) in [6.45, 7) is 7.64. The number of ether oxygens (including phenoxy) is 1. The molecule has 1 aliphatic carbocycles. The molecule has 2 aromatic rings. The Morgan fingerprint density at radius 2 is 1.75 bits per heavy atom. The van der Waals surface area contributed by atoms with Crippen LogP contribution in [0, 0.1) is 17.7 Å². The van der Waals surface area contributed by atoms with Gasteiger partial charge in [0.1, 0.15) is 17.6 Å². The number of aromatic nitrogens is 2. The van der Waals surface area contributed by atoms with E-state index in [0.29, 0.717) is 44.1 Å². The highest BCUT2D eigenvalue weighted by Gasteiger charge is 2.34. The number of halogens is 1. The lowest BCUT2D eigenvalue weighted by molar-refractivity contribution is -0.140. The number of morpholine rings is 1. The fraction of sp³-hybridized carbons (Fsp3) is 0.606. The molecule has 0 bridgehead atoms. The van der Waals surface area contributed by atoms with Gasteiger partial charge < -0.3 is 20.3 Å². The molecule has 0 unspecified atom stereocenters. The van der Waals surface area contributed by atoms with Gasteiger partial charge in [-0.1, -0.05) is 45.6 Å². The summed E-state index contributed by atoms with van der Waals surface area (Å²) in [5, 5.41) is 9.79. The van der Waals surface area contributed by atoms with Crippen LogP contribution in [-0.4, -0.2) is 70.5 Å². The maximum absolute atomic E-state index is 15.6. The van der Waals surface area contributed by atoms with Gasteiger partial charge in [-0.3, -0.25) is 23.9 Å². The van der Waals surface area contributed by atoms with E-state index < -0.39 is 23.7 Å². The number of nitrogens with one attached hydrogen (secondary N) is 2. The normalized spacial score (nSPS) is 18.1. The van der Waals surface area contributed by atoms with Crippen molar-refractivity contribution in [2.24, 2.45) is 11.8 Å². The zero-order valence-corrected chi connectivity index (χ0v) is 26.1. The second-order valence-electron chi connectivity index (χ2n) is 11.9. The van der Waals surface area contributed by atoms with Gasteiger partial charge >= 0.3 is 0 Å². The standard InChI is InChI=1S/C33H46FN5O5/c1-4-30(41)37-31(33(43)38-16-18-44-19-17-38)22(3)24-12-13-27(26(34)20-24)36-32(42)25(23-10-8-6-7-9-11-23)21-29(40)28-14-15-35-39(28)5-2/h12-15,20,22-23,25,31H,4-11,16-19,21H2,1-3H3,(H,36,42)(H,37,41)/t22-,25-,31+/m0/s1. The number of aryl methyl sites for hydroxylation is 1. The molecule has 1 saturated heterocycles. The van der Waals surface area contributed by atoms with Gasteiger partial charge in [-0.15, -0.1) is 0 Å². The summed E-state index contributed by atoms with van der Waals surface area (Å²) >= 11 is 0. The largest absolute Gasteiger partial charge is 0.378 e. The van der Waals surface area contributed by atoms with E-state index in [1.54, 1.807) is 41.8 Å². The predicted octanol–water partition coefficient (Wildman–Crippen LogP) is 4.70. The van der Waals surface area contributed by atoms with E-state index in [0.717, 1.165) is 38.5 Å². The minimum atomic E-state index is -0.873. The third-order valence-electron chi connectivity index (χ3n) is 9.02. The number of benzene rings is 1. The van der Waals surface area contributed by atoms with Crippen LogP contribution in [0.1, 0.15) is 94.1 Å². The van der Waals surface area contributed by atoms with Crippen molar-refractivity contribution in [1.29, 1.82) is 0 Å². The number of hydrogen-bond donors (Lipinski definition) is 2. The molecule has 1 aliphatic heterocycles. The van der Waals surface area contributed by atoms with Gasteiger partial charge in [0, 0.05) is 50.5 Å². The molecule has 2 N–H and O–H groups in total. The zero-order chi connectivity index (χ0) is 31.6. The quantitative estimate of drug-likeness (QED) is 0.265. The summed E-state index contributed by atoms with van der Waals surface area (Å²) in [6, 6.07) is 5.28. The van der Waals surface area contributed by atoms with Crippen LogP contribution in [0.4, 0.5) is 10.1 Å². The molecule has 1 aromatic heterocycles. The number of rotatable bonds is 12. The Bertz CT molecular complexity index is 1300. The molecule has 4 rings (SSSR count). The molecule has 240 valence electrons. The predicted molar refractivity (Wildman–Crippen MR) is 165 cm³/mol. The van der Waals surface area contributed by atoms with Crippen molar-refractivity contribution < 1.29 is 28.3 Å². The Labute approximate surface area is 259 Å². The van der Waals surface area contributed by atoms with E-state index in [1.807, 2.05) is 6.92 Å². The third kappa shape index (κ3) is 8.31. The van der Waals surface area contributed by atoms with E-state index in [9.17, 15) is 19.2 Å². The van der Waals surface area contributed by atoms with Crippen LogP contribution in [0.5, 0.6) is 0 Å². The second-order valence-corrected chi connectivity index (χ2v) is 11.9. The first-order valence-electron chi connectivity index (χ1n) is 16.0. The fourth-order valence-electron chi connectivity index (χ4n) is 6.30. The Kier molecular flexibility index (Phi) is 12.1. The molecule has 1 saturated carbocycles. The number of ketones is 1. The van der Waals surface area contributed by atoms with Crippen molar-refractivity contribution in [1.82, 2.24) is 20.0 Å². The summed E-state index contributed by atoms with van der Waals surface area (Å²) in [4.78, 5) is 54.4. The average molecular weight is 612 g/mol. The summed E-state index contributed by atoms with van der Waals surface area (Å²) in [5.41, 5.74) is 1.01. The van der Waals surface area contributed by atoms with Crippen LogP contribution in [0.3, 0.4) is 0 Å². The second kappa shape index (κ2) is 15.9. The van der Waals surface area contributed by atoms with E-state index in [1.165, 1.54) is 12.1 Å². The van der Waals surface area contributed by atoms with Gasteiger partial charge in [0.25, 0.3) is 0 Å². The molecule has 2 aliphatic rings. The topological polar surface area (TPSA) is 123 Å². The minimum Gasteiger partial charge on any atom is -0.378 e. The molecule has 0 spiro atoms. The van der Waals surface area contributed by atoms with E-state index in [4.69, 9.17) is 4.74 Å². The zero-order valence-electron chi connectivity index (χ0n) is 26.1. The number of nitrogens with zero attached hydrogens (tertiary/aromatic N) is 3. The molecule has 1 aromatic carbocycles. The smallest absolute Gasteiger partial charge is 0.245 e. The van der Waals surface area contributed by atoms with E-state index in [-0.39, 0.29) is 48.0 Å². The Morgan fingerprint density at radius 1 is 1.05 bits per heavy atom. The summed E-state index contributed by atoms with van der Waals surface area (Å²) < 4.78 is 22.6. The van der Waals surface area contributed by atoms with E-state index in [2.05, 4.69) is 15.7 Å². The third-order valence-corrected chi connectivity index (χ3v) is 9.02. The van der Waals surface area contributed by atoms with Crippen molar-refractivity contribution in [2.45, 2.75) is 90.6 Å². The summed E-state index contributed by atoms with van der Waals surface area (Å²) in [5.74, 6) is -2.77. The van der Waals surface area contributed by atoms with Gasteiger partial charge in [-0.2, -0.15) is 5.10 Å². The van der Waals surface area contributed by atoms with Gasteiger partial charge in [0.15, 0.2) is 5.78 Å². The van der Waals surface area contributed by atoms with Gasteiger partial charge in [-0.05, 0) is 49.4 Å². The molecule has 0 radical (unpaired) electrons. The van der Waals surface area contributed by atoms with Crippen LogP contribution >= 0.6 is 0 Å². The molecule has 3 atom stereocenters. The van der Waals surface area contributed by atoms with Crippen LogP contribution in [-0.2, 0) is 25.7 Å². The van der Waals surface area contributed by atoms with Gasteiger partial charge in [0.05, 0.1) is 18.9 Å². The maximum atomic E-state index is 15.6. The molecule has 3 amide bonds. The summed E-state index contributed by atoms with van der Waals surface area (Å²) in [7, 11) is 0. The number of anilines is 1. The maximum Gasteiger partial charge on any atom is 0.245 e. The molecule has 44 heavy (non-hydrogen) atoms. The number of Topliss-reactive ketones (excluding diaryl/α,β-unsaturated/α-hetero) is 1. The number of hydrogen-bond acceptors (Lipinski definition) is 6. The Balaban J connectivity index is 1.52. The number of carbonyl (C=O) groups excluding carboxylic acids is 4. The molecule has 10 nitrogen and oxygen atoms in total. The first-order chi connectivity index (χ1) is 21.2. The van der Waals surface area contributed by atoms with Crippen LogP contribution in [0.2, 0.25) is 0 Å². The van der Waals surface area contributed by atoms with Crippen molar-refractivity contribution in [3.63, 3.8) is 0 Å². The fourth-order valence-corrected chi connectivity index (χ4v) is 6.30. The molecule has 11 heteroatoms. The molecule has 2 fully saturated rings. The Morgan fingerprint density at radius 3 is 2.39 bits per heavy atom. The first kappa shape index (κ1) is 33.3. The minimum absolute atomic E-state index is 0.0178. The Hall–Kier alpha value is -3.60. The summed E-state index contributed by atoms with van der Waals surface area (Å²) in [6.07, 6.45) is 7.71. The first-order valence-corrected chi connectivity index (χ1v) is 16.0. The number of amides is 3. The van der Waals surface area contributed by atoms with Crippen LogP contribution in [0.25, 0.3) is 0 Å². The number of carbonyl (C=O) groups is 4. The lowest BCUT2D eigenvalue weighted by atomic mass is 9.81. The van der Waals surface area contributed by atoms with Crippen LogP contribution < -0.4 is 10.6 Å². The van der Waals surface area contributed by atoms with Crippen molar-refractivity contribution in [3.05, 3.63) is 47.5 Å². The van der Waals surface area contributed by atoms with Crippen molar-refractivity contribution in [3.8, 4) is 0 Å². The van der Waals surface area contributed by atoms with Gasteiger partial charge in [0.2, 0.25) is 17.7 Å². The lowest BCUT2D eigenvalue weighted by Crippen LogP contribution is -2.53. The van der Waals surface area contributed by atoms with Crippen molar-refractivity contribution >= 4 is 29.2 Å². The molecular weight excluding hydrogens is 565 g/mol. The SMILES string of the molecule is CCC(=O)N[C@@H](C(=O)N1CCOCC1)[C@@H](C)c1ccc(NC(=O)[C@@H](CC(=O)c2ccnn2CC)C2CCCCCC2)c(F)c1. The molecule has 2 heterocycles. The average Bonchev–Trinajstić information content (AvgIpc) is 3.37. The molecular formula is C33H46FN5O5. The van der Waals surface area contributed by atoms with Crippen molar-refractivity contribution in [2.75, 3.05) is 31.6 Å². The highest BCUT2D eigenvalue weighted by Crippen LogP contribution is 2.33. The van der Waals surface area contributed by atoms with Gasteiger partial charge in [-0.25, -0.2) is 4.39 Å². The monoisotopic (exact) mass is 611 g/mol. The van der Waals surface area contributed by atoms with Crippen LogP contribution in [0.15, 0.2) is 30.5 Å². The van der Waals surface area contributed by atoms with E-state index >= 15 is 4.39 Å². The highest BCUT2D eigenvalue weighted by atomic mass is 19.1.